The lowest BCUT2D eigenvalue weighted by Crippen LogP contribution is -2.06. The van der Waals surface area contributed by atoms with E-state index < -0.39 is 4.92 Å². The van der Waals surface area contributed by atoms with Gasteiger partial charge >= 0.3 is 5.69 Å². The molecule has 2 aromatic rings. The third kappa shape index (κ3) is 2.98. The highest BCUT2D eigenvalue weighted by molar-refractivity contribution is 6.30. The van der Waals surface area contributed by atoms with Gasteiger partial charge in [0.2, 0.25) is 5.82 Å². The Kier molecular flexibility index (Phi) is 3.78. The molecule has 2 rings (SSSR count). The number of nitrogens with zero attached hydrogens (tertiary/aromatic N) is 2. The fourth-order valence-electron chi connectivity index (χ4n) is 1.53. The van der Waals surface area contributed by atoms with Crippen molar-refractivity contribution >= 4 is 23.1 Å². The van der Waals surface area contributed by atoms with Crippen molar-refractivity contribution in [2.75, 3.05) is 11.9 Å². The van der Waals surface area contributed by atoms with E-state index in [0.717, 1.165) is 12.0 Å². The molecule has 6 nitrogen and oxygen atoms in total. The minimum Gasteiger partial charge on any atom is -0.364 e. The zero-order valence-electron chi connectivity index (χ0n) is 9.39. The van der Waals surface area contributed by atoms with Crippen molar-refractivity contribution in [3.05, 3.63) is 51.2 Å². The molecule has 0 saturated carbocycles. The summed E-state index contributed by atoms with van der Waals surface area (Å²) in [6.45, 7) is 0.574. The summed E-state index contributed by atoms with van der Waals surface area (Å²) in [6.07, 6.45) is 1.93. The molecule has 0 fully saturated rings. The van der Waals surface area contributed by atoms with Gasteiger partial charge in [-0.05, 0) is 24.1 Å². The molecule has 2 N–H and O–H groups in total. The highest BCUT2D eigenvalue weighted by Crippen LogP contribution is 2.19. The van der Waals surface area contributed by atoms with Crippen LogP contribution in [0.1, 0.15) is 5.56 Å². The Morgan fingerprint density at radius 3 is 2.78 bits per heavy atom. The second kappa shape index (κ2) is 5.50. The summed E-state index contributed by atoms with van der Waals surface area (Å²) in [5, 5.41) is 20.5. The average molecular weight is 267 g/mol. The van der Waals surface area contributed by atoms with Crippen LogP contribution in [0.25, 0.3) is 0 Å². The van der Waals surface area contributed by atoms with Crippen LogP contribution in [0.3, 0.4) is 0 Å². The Morgan fingerprint density at radius 1 is 1.39 bits per heavy atom. The number of benzene rings is 1. The van der Waals surface area contributed by atoms with Crippen molar-refractivity contribution in [2.24, 2.45) is 0 Å². The predicted molar refractivity (Wildman–Crippen MR) is 68.9 cm³/mol. The van der Waals surface area contributed by atoms with Crippen LogP contribution in [0, 0.1) is 10.1 Å². The number of nitrogens with one attached hydrogen (secondary N) is 2. The van der Waals surface area contributed by atoms with Crippen molar-refractivity contribution < 1.29 is 4.92 Å². The first-order valence-electron chi connectivity index (χ1n) is 5.33. The minimum absolute atomic E-state index is 0.0499. The normalized spacial score (nSPS) is 10.3. The minimum atomic E-state index is -0.478. The predicted octanol–water partition coefficient (Wildman–Crippen LogP) is 2.63. The molecule has 94 valence electrons. The zero-order chi connectivity index (χ0) is 13.0. The molecule has 0 bridgehead atoms. The highest BCUT2D eigenvalue weighted by atomic mass is 35.5. The van der Waals surface area contributed by atoms with Crippen LogP contribution in [0.5, 0.6) is 0 Å². The van der Waals surface area contributed by atoms with E-state index in [1.54, 1.807) is 0 Å². The van der Waals surface area contributed by atoms with Crippen LogP contribution in [-0.2, 0) is 6.42 Å². The lowest BCUT2D eigenvalue weighted by molar-refractivity contribution is -0.384. The van der Waals surface area contributed by atoms with Crippen molar-refractivity contribution in [1.82, 2.24) is 10.2 Å². The Bertz CT molecular complexity index is 538. The molecule has 7 heteroatoms. The van der Waals surface area contributed by atoms with Gasteiger partial charge in [0.1, 0.15) is 6.20 Å². The van der Waals surface area contributed by atoms with Gasteiger partial charge in [-0.3, -0.25) is 15.2 Å². The number of H-pyrrole nitrogens is 1. The smallest absolute Gasteiger partial charge is 0.330 e. The number of aromatic amines is 1. The van der Waals surface area contributed by atoms with Crippen LogP contribution in [0.15, 0.2) is 30.5 Å². The summed E-state index contributed by atoms with van der Waals surface area (Å²) in [6, 6.07) is 7.47. The average Bonchev–Trinajstić information content (AvgIpc) is 2.80. The first kappa shape index (κ1) is 12.4. The summed E-state index contributed by atoms with van der Waals surface area (Å²) in [7, 11) is 0. The molecule has 0 radical (unpaired) electrons. The molecule has 0 aliphatic rings. The highest BCUT2D eigenvalue weighted by Gasteiger charge is 2.14. The van der Waals surface area contributed by atoms with Crippen LogP contribution < -0.4 is 5.32 Å². The van der Waals surface area contributed by atoms with Crippen molar-refractivity contribution in [3.8, 4) is 0 Å². The molecule has 1 aromatic carbocycles. The van der Waals surface area contributed by atoms with E-state index in [1.165, 1.54) is 6.20 Å². The Balaban J connectivity index is 1.90. The maximum Gasteiger partial charge on any atom is 0.330 e. The van der Waals surface area contributed by atoms with E-state index in [4.69, 9.17) is 11.6 Å². The van der Waals surface area contributed by atoms with Crippen LogP contribution in [0.4, 0.5) is 11.5 Å². The Hall–Kier alpha value is -2.08. The molecule has 0 unspecified atom stereocenters. The van der Waals surface area contributed by atoms with Gasteiger partial charge < -0.3 is 5.32 Å². The molecule has 1 heterocycles. The molecule has 0 aliphatic heterocycles. The molecular formula is C11H11ClN4O2. The second-order valence-electron chi connectivity index (χ2n) is 3.69. The van der Waals surface area contributed by atoms with Gasteiger partial charge in [0.05, 0.1) is 4.92 Å². The fourth-order valence-corrected chi connectivity index (χ4v) is 1.66. The first-order chi connectivity index (χ1) is 8.66. The van der Waals surface area contributed by atoms with Crippen molar-refractivity contribution in [1.29, 1.82) is 0 Å². The summed E-state index contributed by atoms with van der Waals surface area (Å²) in [5.41, 5.74) is 1.06. The second-order valence-corrected chi connectivity index (χ2v) is 4.13. The number of halogens is 1. The SMILES string of the molecule is O=[N+]([O-])c1cn[nH]c1NCCc1ccc(Cl)cc1. The Labute approximate surface area is 108 Å². The largest absolute Gasteiger partial charge is 0.364 e. The van der Waals surface area contributed by atoms with Crippen LogP contribution in [0.2, 0.25) is 5.02 Å². The number of anilines is 1. The van der Waals surface area contributed by atoms with Gasteiger partial charge in [-0.1, -0.05) is 23.7 Å². The molecule has 1 aromatic heterocycles. The van der Waals surface area contributed by atoms with Crippen molar-refractivity contribution in [2.45, 2.75) is 6.42 Å². The Morgan fingerprint density at radius 2 is 2.11 bits per heavy atom. The lowest BCUT2D eigenvalue weighted by atomic mass is 10.1. The standard InChI is InChI=1S/C11H11ClN4O2/c12-9-3-1-8(2-4-9)5-6-13-11-10(16(17)18)7-14-15-11/h1-4,7H,5-6H2,(H2,13,14,15). The van der Waals surface area contributed by atoms with Gasteiger partial charge in [0.15, 0.2) is 0 Å². The topological polar surface area (TPSA) is 83.8 Å². The molecular weight excluding hydrogens is 256 g/mol. The summed E-state index contributed by atoms with van der Waals surface area (Å²) < 4.78 is 0. The summed E-state index contributed by atoms with van der Waals surface area (Å²) in [4.78, 5) is 10.2. The first-order valence-corrected chi connectivity index (χ1v) is 5.70. The monoisotopic (exact) mass is 266 g/mol. The molecule has 0 spiro atoms. The van der Waals surface area contributed by atoms with E-state index >= 15 is 0 Å². The van der Waals surface area contributed by atoms with Crippen LogP contribution in [-0.4, -0.2) is 21.7 Å². The van der Waals surface area contributed by atoms with Crippen LogP contribution >= 0.6 is 11.6 Å². The van der Waals surface area contributed by atoms with Gasteiger partial charge in [-0.25, -0.2) is 0 Å². The third-order valence-corrected chi connectivity index (χ3v) is 2.70. The summed E-state index contributed by atoms with van der Waals surface area (Å²) >= 11 is 5.78. The molecule has 0 aliphatic carbocycles. The van der Waals surface area contributed by atoms with E-state index in [1.807, 2.05) is 24.3 Å². The maximum atomic E-state index is 10.6. The number of nitro groups is 1. The van der Waals surface area contributed by atoms with Gasteiger partial charge in [-0.2, -0.15) is 5.10 Å². The number of hydrogen-bond acceptors (Lipinski definition) is 4. The van der Waals surface area contributed by atoms with Gasteiger partial charge in [0, 0.05) is 11.6 Å². The van der Waals surface area contributed by atoms with Gasteiger partial charge in [0.25, 0.3) is 0 Å². The van der Waals surface area contributed by atoms with Gasteiger partial charge in [-0.15, -0.1) is 0 Å². The lowest BCUT2D eigenvalue weighted by Gasteiger charge is -2.03. The third-order valence-electron chi connectivity index (χ3n) is 2.44. The summed E-state index contributed by atoms with van der Waals surface area (Å²) in [5.74, 6) is 0.328. The molecule has 0 amide bonds. The maximum absolute atomic E-state index is 10.6. The van der Waals surface area contributed by atoms with E-state index in [9.17, 15) is 10.1 Å². The zero-order valence-corrected chi connectivity index (χ0v) is 10.1. The molecule has 18 heavy (non-hydrogen) atoms. The van der Waals surface area contributed by atoms with E-state index in [2.05, 4.69) is 15.5 Å². The number of rotatable bonds is 5. The fraction of sp³-hybridized carbons (Fsp3) is 0.182. The number of hydrogen-bond donors (Lipinski definition) is 2. The van der Waals surface area contributed by atoms with Crippen molar-refractivity contribution in [3.63, 3.8) is 0 Å². The number of aromatic nitrogens is 2. The van der Waals surface area contributed by atoms with E-state index in [-0.39, 0.29) is 5.69 Å². The van der Waals surface area contributed by atoms with E-state index in [0.29, 0.717) is 17.4 Å². The quantitative estimate of drug-likeness (QED) is 0.644. The molecule has 0 saturated heterocycles. The molecule has 0 atom stereocenters.